The van der Waals surface area contributed by atoms with Crippen LogP contribution in [0.1, 0.15) is 21.5 Å². The number of carbonyl (C=O) groups is 1. The number of carbonyl (C=O) groups excluding carboxylic acids is 1. The van der Waals surface area contributed by atoms with Gasteiger partial charge in [0.15, 0.2) is 5.78 Å². The second-order valence-corrected chi connectivity index (χ2v) is 6.29. The Bertz CT molecular complexity index is 1100. The number of H-pyrrole nitrogens is 1. The van der Waals surface area contributed by atoms with Gasteiger partial charge >= 0.3 is 0 Å². The minimum absolute atomic E-state index is 0.0571. The third kappa shape index (κ3) is 3.99. The number of hydrogen-bond acceptors (Lipinski definition) is 4. The maximum Gasteiger partial charge on any atom is 0.226 e. The van der Waals surface area contributed by atoms with Gasteiger partial charge in [0.1, 0.15) is 12.0 Å². The van der Waals surface area contributed by atoms with Gasteiger partial charge in [-0.2, -0.15) is 0 Å². The number of rotatable bonds is 7. The minimum Gasteiger partial charge on any atom is -0.477 e. The molecule has 0 amide bonds. The number of hydrogen-bond donors (Lipinski definition) is 1. The molecule has 0 unspecified atom stereocenters. The third-order valence-electron chi connectivity index (χ3n) is 4.41. The lowest BCUT2D eigenvalue weighted by Crippen LogP contribution is -2.03. The first-order chi connectivity index (χ1) is 13.8. The molecule has 2 aromatic heterocycles. The third-order valence-corrected chi connectivity index (χ3v) is 4.41. The number of benzene rings is 2. The second kappa shape index (κ2) is 8.31. The molecule has 1 N–H and O–H groups in total. The van der Waals surface area contributed by atoms with Gasteiger partial charge in [0, 0.05) is 23.7 Å². The molecule has 4 rings (SSSR count). The number of nitrogens with one attached hydrogen (secondary N) is 1. The monoisotopic (exact) mass is 369 g/mol. The van der Waals surface area contributed by atoms with Gasteiger partial charge in [-0.05, 0) is 17.7 Å². The zero-order valence-corrected chi connectivity index (χ0v) is 15.2. The molecule has 0 atom stereocenters. The summed E-state index contributed by atoms with van der Waals surface area (Å²) in [5.41, 5.74) is 3.34. The van der Waals surface area contributed by atoms with Crippen LogP contribution in [0.3, 0.4) is 0 Å². The van der Waals surface area contributed by atoms with Crippen LogP contribution in [0.4, 0.5) is 0 Å². The van der Waals surface area contributed by atoms with Gasteiger partial charge in [-0.25, -0.2) is 9.97 Å². The van der Waals surface area contributed by atoms with Gasteiger partial charge in [-0.1, -0.05) is 60.7 Å². The number of aromatic nitrogens is 3. The van der Waals surface area contributed by atoms with E-state index in [2.05, 4.69) is 27.1 Å². The Labute approximate surface area is 162 Å². The molecule has 0 bridgehead atoms. The summed E-state index contributed by atoms with van der Waals surface area (Å²) < 4.78 is 5.92. The number of ether oxygens (including phenoxy) is 1. The van der Waals surface area contributed by atoms with Crippen molar-refractivity contribution in [2.75, 3.05) is 6.61 Å². The molecule has 0 fully saturated rings. The van der Waals surface area contributed by atoms with Crippen molar-refractivity contribution in [2.24, 2.45) is 0 Å². The van der Waals surface area contributed by atoms with E-state index in [0.29, 0.717) is 23.7 Å². The normalized spacial score (nSPS) is 11.1. The molecule has 0 aliphatic carbocycles. The first-order valence-electron chi connectivity index (χ1n) is 9.07. The van der Waals surface area contributed by atoms with Crippen LogP contribution in [0, 0.1) is 0 Å². The van der Waals surface area contributed by atoms with Crippen LogP contribution in [0.5, 0.6) is 5.88 Å². The second-order valence-electron chi connectivity index (χ2n) is 6.29. The molecule has 0 saturated carbocycles. The van der Waals surface area contributed by atoms with E-state index >= 15 is 0 Å². The molecule has 0 saturated heterocycles. The Morgan fingerprint density at radius 2 is 1.75 bits per heavy atom. The van der Waals surface area contributed by atoms with Crippen molar-refractivity contribution in [3.63, 3.8) is 0 Å². The van der Waals surface area contributed by atoms with Crippen LogP contribution in [0.25, 0.3) is 17.1 Å². The zero-order chi connectivity index (χ0) is 19.2. The molecular weight excluding hydrogens is 350 g/mol. The van der Waals surface area contributed by atoms with Crippen molar-refractivity contribution in [3.05, 3.63) is 96.0 Å². The largest absolute Gasteiger partial charge is 0.477 e. The fourth-order valence-corrected chi connectivity index (χ4v) is 2.97. The summed E-state index contributed by atoms with van der Waals surface area (Å²) in [6.45, 7) is 0.507. The molecule has 0 radical (unpaired) electrons. The summed E-state index contributed by atoms with van der Waals surface area (Å²) in [7, 11) is 0. The molecule has 5 heteroatoms. The summed E-state index contributed by atoms with van der Waals surface area (Å²) in [5, 5.41) is 0.771. The molecule has 0 aliphatic rings. The van der Waals surface area contributed by atoms with Crippen LogP contribution >= 0.6 is 0 Å². The maximum atomic E-state index is 12.3. The summed E-state index contributed by atoms with van der Waals surface area (Å²) in [6.07, 6.45) is 7.38. The lowest BCUT2D eigenvalue weighted by atomic mass is 10.1. The fraction of sp³-hybridized carbons (Fsp3) is 0.0870. The van der Waals surface area contributed by atoms with Gasteiger partial charge in [0.05, 0.1) is 12.0 Å². The number of nitrogens with zero attached hydrogens (tertiary/aromatic N) is 2. The maximum absolute atomic E-state index is 12.3. The van der Waals surface area contributed by atoms with E-state index in [1.165, 1.54) is 11.9 Å². The molecular formula is C23H19N3O2. The van der Waals surface area contributed by atoms with Crippen LogP contribution in [0.15, 0.2) is 79.3 Å². The first kappa shape index (κ1) is 17.7. The quantitative estimate of drug-likeness (QED) is 0.385. The Balaban J connectivity index is 1.53. The van der Waals surface area contributed by atoms with E-state index in [9.17, 15) is 4.79 Å². The predicted octanol–water partition coefficient (Wildman–Crippen LogP) is 4.48. The summed E-state index contributed by atoms with van der Waals surface area (Å²) in [6, 6.07) is 19.3. The molecule has 2 aromatic carbocycles. The van der Waals surface area contributed by atoms with Crippen molar-refractivity contribution in [1.29, 1.82) is 0 Å². The Morgan fingerprint density at radius 3 is 2.54 bits per heavy atom. The van der Waals surface area contributed by atoms with E-state index < -0.39 is 0 Å². The predicted molar refractivity (Wildman–Crippen MR) is 109 cm³/mol. The highest BCUT2D eigenvalue weighted by molar-refractivity contribution is 6.07. The molecule has 28 heavy (non-hydrogen) atoms. The van der Waals surface area contributed by atoms with Crippen LogP contribution in [0.2, 0.25) is 0 Å². The zero-order valence-electron chi connectivity index (χ0n) is 15.2. The standard InChI is InChI=1S/C23H19N3O2/c27-20(18-9-5-2-6-10-18)12-11-19-15-24-22-21(19)23(26-16-25-22)28-14-13-17-7-3-1-4-8-17/h1-12,15-16H,13-14H2,(H,24,25,26). The number of aromatic amines is 1. The number of allylic oxidation sites excluding steroid dienone is 1. The van der Waals surface area contributed by atoms with Gasteiger partial charge in [-0.3, -0.25) is 4.79 Å². The number of fused-ring (bicyclic) bond motifs is 1. The molecule has 2 heterocycles. The van der Waals surface area contributed by atoms with Crippen LogP contribution < -0.4 is 4.74 Å². The van der Waals surface area contributed by atoms with Crippen molar-refractivity contribution < 1.29 is 9.53 Å². The molecule has 138 valence electrons. The van der Waals surface area contributed by atoms with E-state index in [1.54, 1.807) is 30.5 Å². The Hall–Kier alpha value is -3.73. The molecule has 0 aliphatic heterocycles. The van der Waals surface area contributed by atoms with E-state index in [0.717, 1.165) is 17.4 Å². The Morgan fingerprint density at radius 1 is 1.00 bits per heavy atom. The highest BCUT2D eigenvalue weighted by Gasteiger charge is 2.11. The average Bonchev–Trinajstić information content (AvgIpc) is 3.17. The van der Waals surface area contributed by atoms with Gasteiger partial charge in [-0.15, -0.1) is 0 Å². The summed E-state index contributed by atoms with van der Waals surface area (Å²) >= 11 is 0. The van der Waals surface area contributed by atoms with Crippen LogP contribution in [-0.4, -0.2) is 27.3 Å². The molecule has 0 spiro atoms. The van der Waals surface area contributed by atoms with Gasteiger partial charge < -0.3 is 9.72 Å². The van der Waals surface area contributed by atoms with Gasteiger partial charge in [0.2, 0.25) is 5.88 Å². The minimum atomic E-state index is -0.0571. The lowest BCUT2D eigenvalue weighted by molar-refractivity contribution is 0.104. The van der Waals surface area contributed by atoms with E-state index in [4.69, 9.17) is 4.74 Å². The average molecular weight is 369 g/mol. The molecule has 4 aromatic rings. The van der Waals surface area contributed by atoms with Crippen molar-refractivity contribution >= 4 is 22.9 Å². The summed E-state index contributed by atoms with van der Waals surface area (Å²) in [4.78, 5) is 24.0. The smallest absolute Gasteiger partial charge is 0.226 e. The molecule has 5 nitrogen and oxygen atoms in total. The Kier molecular flexibility index (Phi) is 5.24. The number of ketones is 1. The van der Waals surface area contributed by atoms with Crippen molar-refractivity contribution in [1.82, 2.24) is 15.0 Å². The van der Waals surface area contributed by atoms with Gasteiger partial charge in [0.25, 0.3) is 0 Å². The van der Waals surface area contributed by atoms with Crippen LogP contribution in [-0.2, 0) is 6.42 Å². The lowest BCUT2D eigenvalue weighted by Gasteiger charge is -2.07. The van der Waals surface area contributed by atoms with E-state index in [1.807, 2.05) is 36.4 Å². The highest BCUT2D eigenvalue weighted by atomic mass is 16.5. The first-order valence-corrected chi connectivity index (χ1v) is 9.07. The van der Waals surface area contributed by atoms with Crippen molar-refractivity contribution in [2.45, 2.75) is 6.42 Å². The SMILES string of the molecule is O=C(C=Cc1c[nH]c2ncnc(OCCc3ccccc3)c12)c1ccccc1. The summed E-state index contributed by atoms with van der Waals surface area (Å²) in [5.74, 6) is 0.451. The van der Waals surface area contributed by atoms with E-state index in [-0.39, 0.29) is 5.78 Å². The fourth-order valence-electron chi connectivity index (χ4n) is 2.97. The van der Waals surface area contributed by atoms with Crippen molar-refractivity contribution in [3.8, 4) is 5.88 Å². The topological polar surface area (TPSA) is 67.9 Å². The highest BCUT2D eigenvalue weighted by Crippen LogP contribution is 2.26.